The van der Waals surface area contributed by atoms with Crippen LogP contribution in [0.25, 0.3) is 0 Å². The number of carboxylic acid groups (broad SMARTS) is 1. The molecule has 92 valence electrons. The van der Waals surface area contributed by atoms with Crippen molar-refractivity contribution in [2.75, 3.05) is 20.1 Å². The number of carbonyl (C=O) groups excluding carboxylic acids is 1. The number of hydrogen-bond acceptors (Lipinski definition) is 2. The van der Waals surface area contributed by atoms with Crippen LogP contribution in [0.3, 0.4) is 0 Å². The van der Waals surface area contributed by atoms with Gasteiger partial charge in [-0.1, -0.05) is 0 Å². The first-order chi connectivity index (χ1) is 7.52. The summed E-state index contributed by atoms with van der Waals surface area (Å²) in [6, 6.07) is 0.224. The van der Waals surface area contributed by atoms with Crippen molar-refractivity contribution in [1.29, 1.82) is 0 Å². The summed E-state index contributed by atoms with van der Waals surface area (Å²) in [6.07, 6.45) is 3.26. The summed E-state index contributed by atoms with van der Waals surface area (Å²) in [4.78, 5) is 25.7. The summed E-state index contributed by atoms with van der Waals surface area (Å²) in [6.45, 7) is 3.11. The third-order valence-electron chi connectivity index (χ3n) is 3.04. The van der Waals surface area contributed by atoms with E-state index in [9.17, 15) is 9.59 Å². The highest BCUT2D eigenvalue weighted by Crippen LogP contribution is 2.17. The van der Waals surface area contributed by atoms with E-state index in [1.54, 1.807) is 7.05 Å². The molecule has 0 bridgehead atoms. The van der Waals surface area contributed by atoms with Crippen LogP contribution in [0, 0.1) is 0 Å². The van der Waals surface area contributed by atoms with E-state index in [-0.39, 0.29) is 25.0 Å². The molecular weight excluding hydrogens is 208 g/mol. The molecule has 1 aliphatic heterocycles. The zero-order chi connectivity index (χ0) is 12.1. The Hall–Kier alpha value is -1.26. The van der Waals surface area contributed by atoms with Gasteiger partial charge in [-0.05, 0) is 26.2 Å². The molecule has 0 aliphatic carbocycles. The summed E-state index contributed by atoms with van der Waals surface area (Å²) in [5, 5.41) is 8.55. The second-order valence-corrected chi connectivity index (χ2v) is 4.39. The fourth-order valence-electron chi connectivity index (χ4n) is 1.96. The highest BCUT2D eigenvalue weighted by atomic mass is 16.4. The Bertz CT molecular complexity index is 268. The lowest BCUT2D eigenvalue weighted by Gasteiger charge is -2.36. The summed E-state index contributed by atoms with van der Waals surface area (Å²) in [5.74, 6) is -0.869. The van der Waals surface area contributed by atoms with E-state index in [2.05, 4.69) is 0 Å². The van der Waals surface area contributed by atoms with Gasteiger partial charge < -0.3 is 14.9 Å². The summed E-state index contributed by atoms with van der Waals surface area (Å²) >= 11 is 0. The van der Waals surface area contributed by atoms with E-state index in [1.165, 1.54) is 11.3 Å². The molecule has 5 nitrogen and oxygen atoms in total. The van der Waals surface area contributed by atoms with Gasteiger partial charge in [0, 0.05) is 26.2 Å². The Balaban J connectivity index is 2.45. The molecule has 1 heterocycles. The molecule has 1 aliphatic rings. The maximum absolute atomic E-state index is 12.0. The average molecular weight is 228 g/mol. The molecule has 1 atom stereocenters. The number of aliphatic carboxylic acids is 1. The van der Waals surface area contributed by atoms with E-state index in [1.807, 2.05) is 11.8 Å². The van der Waals surface area contributed by atoms with Gasteiger partial charge in [0.05, 0.1) is 6.42 Å². The molecule has 0 aromatic heterocycles. The predicted octanol–water partition coefficient (Wildman–Crippen LogP) is 1.39. The van der Waals surface area contributed by atoms with Gasteiger partial charge in [0.2, 0.25) is 0 Å². The lowest BCUT2D eigenvalue weighted by atomic mass is 10.0. The fraction of sp³-hybridized carbons (Fsp3) is 0.818. The Morgan fingerprint density at radius 3 is 2.69 bits per heavy atom. The minimum Gasteiger partial charge on any atom is -0.481 e. The molecule has 1 fully saturated rings. The maximum Gasteiger partial charge on any atom is 0.319 e. The van der Waals surface area contributed by atoms with Crippen molar-refractivity contribution in [3.05, 3.63) is 0 Å². The third-order valence-corrected chi connectivity index (χ3v) is 3.04. The SMILES string of the molecule is CC1CCCCN1C(=O)N(C)CCC(=O)O. The van der Waals surface area contributed by atoms with E-state index >= 15 is 0 Å². The fourth-order valence-corrected chi connectivity index (χ4v) is 1.96. The van der Waals surface area contributed by atoms with Crippen LogP contribution in [0.2, 0.25) is 0 Å². The van der Waals surface area contributed by atoms with E-state index in [0.717, 1.165) is 19.4 Å². The minimum atomic E-state index is -0.869. The largest absolute Gasteiger partial charge is 0.481 e. The van der Waals surface area contributed by atoms with Gasteiger partial charge >= 0.3 is 12.0 Å². The average Bonchev–Trinajstić information content (AvgIpc) is 2.25. The molecule has 2 amide bonds. The monoisotopic (exact) mass is 228 g/mol. The van der Waals surface area contributed by atoms with Crippen molar-refractivity contribution < 1.29 is 14.7 Å². The van der Waals surface area contributed by atoms with E-state index < -0.39 is 5.97 Å². The molecule has 16 heavy (non-hydrogen) atoms. The van der Waals surface area contributed by atoms with Gasteiger partial charge in [-0.25, -0.2) is 4.79 Å². The molecule has 1 N–H and O–H groups in total. The second kappa shape index (κ2) is 5.72. The van der Waals surface area contributed by atoms with Crippen LogP contribution in [0.5, 0.6) is 0 Å². The van der Waals surface area contributed by atoms with Crippen molar-refractivity contribution in [2.24, 2.45) is 0 Å². The molecule has 0 radical (unpaired) electrons. The van der Waals surface area contributed by atoms with Gasteiger partial charge in [0.25, 0.3) is 0 Å². The smallest absolute Gasteiger partial charge is 0.319 e. The Morgan fingerprint density at radius 2 is 2.12 bits per heavy atom. The molecule has 5 heteroatoms. The Morgan fingerprint density at radius 1 is 1.44 bits per heavy atom. The zero-order valence-electron chi connectivity index (χ0n) is 9.98. The molecule has 1 rings (SSSR count). The van der Waals surface area contributed by atoms with Crippen LogP contribution in [0.1, 0.15) is 32.6 Å². The Labute approximate surface area is 96.0 Å². The first-order valence-electron chi connectivity index (χ1n) is 5.76. The van der Waals surface area contributed by atoms with Crippen molar-refractivity contribution in [2.45, 2.75) is 38.6 Å². The van der Waals surface area contributed by atoms with Crippen LogP contribution in [0.15, 0.2) is 0 Å². The molecule has 0 spiro atoms. The predicted molar refractivity (Wildman–Crippen MR) is 60.3 cm³/mol. The number of urea groups is 1. The number of hydrogen-bond donors (Lipinski definition) is 1. The molecular formula is C11H20N2O3. The van der Waals surface area contributed by atoms with Gasteiger partial charge in [0.1, 0.15) is 0 Å². The number of rotatable bonds is 3. The lowest BCUT2D eigenvalue weighted by Crippen LogP contribution is -2.48. The highest BCUT2D eigenvalue weighted by molar-refractivity contribution is 5.75. The topological polar surface area (TPSA) is 60.9 Å². The molecule has 0 aromatic carbocycles. The molecule has 1 unspecified atom stereocenters. The Kier molecular flexibility index (Phi) is 4.58. The number of carboxylic acids is 1. The van der Waals surface area contributed by atoms with E-state index in [4.69, 9.17) is 5.11 Å². The lowest BCUT2D eigenvalue weighted by molar-refractivity contribution is -0.137. The van der Waals surface area contributed by atoms with E-state index in [0.29, 0.717) is 0 Å². The van der Waals surface area contributed by atoms with Crippen LogP contribution < -0.4 is 0 Å². The van der Waals surface area contributed by atoms with Gasteiger partial charge in [-0.3, -0.25) is 4.79 Å². The quantitative estimate of drug-likeness (QED) is 0.794. The summed E-state index contributed by atoms with van der Waals surface area (Å²) < 4.78 is 0. The molecule has 0 aromatic rings. The zero-order valence-corrected chi connectivity index (χ0v) is 9.98. The number of nitrogens with zero attached hydrogens (tertiary/aromatic N) is 2. The standard InChI is InChI=1S/C11H20N2O3/c1-9-5-3-4-7-13(9)11(16)12(2)8-6-10(14)15/h9H,3-8H2,1-2H3,(H,14,15). The first-order valence-corrected chi connectivity index (χ1v) is 5.76. The first kappa shape index (κ1) is 12.8. The summed E-state index contributed by atoms with van der Waals surface area (Å²) in [7, 11) is 1.66. The molecule has 1 saturated heterocycles. The molecule has 0 saturated carbocycles. The van der Waals surface area contributed by atoms with Gasteiger partial charge in [0.15, 0.2) is 0 Å². The number of likely N-dealkylation sites (tertiary alicyclic amines) is 1. The number of piperidine rings is 1. The van der Waals surface area contributed by atoms with Crippen molar-refractivity contribution in [3.8, 4) is 0 Å². The summed E-state index contributed by atoms with van der Waals surface area (Å²) in [5.41, 5.74) is 0. The van der Waals surface area contributed by atoms with Gasteiger partial charge in [-0.2, -0.15) is 0 Å². The third kappa shape index (κ3) is 3.40. The minimum absolute atomic E-state index is 0.00443. The number of amides is 2. The maximum atomic E-state index is 12.0. The van der Waals surface area contributed by atoms with Crippen LogP contribution in [-0.4, -0.2) is 53.1 Å². The van der Waals surface area contributed by atoms with Crippen molar-refractivity contribution in [3.63, 3.8) is 0 Å². The van der Waals surface area contributed by atoms with Crippen LogP contribution in [-0.2, 0) is 4.79 Å². The van der Waals surface area contributed by atoms with Crippen molar-refractivity contribution >= 4 is 12.0 Å². The van der Waals surface area contributed by atoms with Crippen LogP contribution >= 0.6 is 0 Å². The second-order valence-electron chi connectivity index (χ2n) is 4.39. The van der Waals surface area contributed by atoms with Crippen molar-refractivity contribution in [1.82, 2.24) is 9.80 Å². The van der Waals surface area contributed by atoms with Crippen LogP contribution in [0.4, 0.5) is 4.79 Å². The normalized spacial score (nSPS) is 20.6. The number of carbonyl (C=O) groups is 2. The van der Waals surface area contributed by atoms with Gasteiger partial charge in [-0.15, -0.1) is 0 Å². The highest BCUT2D eigenvalue weighted by Gasteiger charge is 2.25.